The molecular formula is C7H5BClN4O2. The van der Waals surface area contributed by atoms with E-state index in [4.69, 9.17) is 16.9 Å². The fourth-order valence-corrected chi connectivity index (χ4v) is 1.07. The first-order chi connectivity index (χ1) is 7.15. The Hall–Kier alpha value is -1.81. The summed E-state index contributed by atoms with van der Waals surface area (Å²) < 4.78 is 0. The zero-order valence-corrected chi connectivity index (χ0v) is 8.23. The molecule has 0 bridgehead atoms. The number of aromatic nitrogens is 1. The fourth-order valence-electron chi connectivity index (χ4n) is 0.916. The van der Waals surface area contributed by atoms with Gasteiger partial charge in [-0.1, -0.05) is 11.6 Å². The van der Waals surface area contributed by atoms with Gasteiger partial charge in [0.05, 0.1) is 4.92 Å². The molecule has 0 saturated carbocycles. The van der Waals surface area contributed by atoms with Gasteiger partial charge >= 0.3 is 5.69 Å². The molecule has 1 rings (SSSR count). The molecular weight excluding hydrogens is 218 g/mol. The van der Waals surface area contributed by atoms with Crippen LogP contribution < -0.4 is 5.32 Å². The van der Waals surface area contributed by atoms with E-state index in [1.807, 2.05) is 0 Å². The van der Waals surface area contributed by atoms with Crippen molar-refractivity contribution in [2.24, 2.45) is 0 Å². The molecule has 0 aromatic carbocycles. The van der Waals surface area contributed by atoms with Crippen LogP contribution in [0.25, 0.3) is 0 Å². The number of hydrogen-bond acceptors (Lipinski definition) is 5. The second kappa shape index (κ2) is 5.17. The number of nitriles is 1. The van der Waals surface area contributed by atoms with Gasteiger partial charge in [0.2, 0.25) is 0 Å². The number of halogens is 1. The highest BCUT2D eigenvalue weighted by Gasteiger charge is 2.14. The Balaban J connectivity index is 2.88. The van der Waals surface area contributed by atoms with E-state index in [2.05, 4.69) is 10.3 Å². The van der Waals surface area contributed by atoms with Crippen molar-refractivity contribution in [1.82, 2.24) is 4.98 Å². The van der Waals surface area contributed by atoms with Crippen LogP contribution in [-0.2, 0) is 0 Å². The first kappa shape index (κ1) is 11.3. The molecule has 0 fully saturated rings. The van der Waals surface area contributed by atoms with Crippen LogP contribution in [0.5, 0.6) is 0 Å². The second-order valence-corrected chi connectivity index (χ2v) is 2.88. The van der Waals surface area contributed by atoms with Gasteiger partial charge in [0, 0.05) is 12.5 Å². The zero-order valence-electron chi connectivity index (χ0n) is 7.48. The number of hydrogen-bond donors (Lipinski definition) is 1. The summed E-state index contributed by atoms with van der Waals surface area (Å²) in [5, 5.41) is 21.7. The average Bonchev–Trinajstić information content (AvgIpc) is 2.18. The van der Waals surface area contributed by atoms with Gasteiger partial charge in [-0.15, -0.1) is 0 Å². The van der Waals surface area contributed by atoms with Gasteiger partial charge in [-0.25, -0.2) is 10.2 Å². The van der Waals surface area contributed by atoms with Crippen molar-refractivity contribution in [3.8, 4) is 5.97 Å². The summed E-state index contributed by atoms with van der Waals surface area (Å²) in [6, 6.07) is 1.34. The molecule has 1 N–H and O–H groups in total. The molecule has 0 aliphatic rings. The second-order valence-electron chi connectivity index (χ2n) is 2.50. The van der Waals surface area contributed by atoms with Crippen LogP contribution in [0, 0.1) is 21.3 Å². The van der Waals surface area contributed by atoms with Crippen LogP contribution >= 0.6 is 11.6 Å². The van der Waals surface area contributed by atoms with Gasteiger partial charge < -0.3 is 5.32 Å². The molecule has 0 unspecified atom stereocenters. The first-order valence-corrected chi connectivity index (χ1v) is 4.28. The number of rotatable bonds is 4. The van der Waals surface area contributed by atoms with Crippen molar-refractivity contribution in [2.75, 3.05) is 11.8 Å². The lowest BCUT2D eigenvalue weighted by Gasteiger charge is -2.03. The van der Waals surface area contributed by atoms with Gasteiger partial charge in [-0.2, -0.15) is 0 Å². The Bertz CT molecular complexity index is 420. The highest BCUT2D eigenvalue weighted by atomic mass is 35.5. The van der Waals surface area contributed by atoms with Crippen LogP contribution in [0.15, 0.2) is 12.3 Å². The minimum absolute atomic E-state index is 0.153. The molecule has 1 aromatic rings. The quantitative estimate of drug-likeness (QED) is 0.272. The maximum Gasteiger partial charge on any atom is 0.310 e. The van der Waals surface area contributed by atoms with E-state index >= 15 is 0 Å². The van der Waals surface area contributed by atoms with Crippen molar-refractivity contribution in [2.45, 2.75) is 0 Å². The van der Waals surface area contributed by atoms with E-state index in [0.29, 0.717) is 0 Å². The summed E-state index contributed by atoms with van der Waals surface area (Å²) >= 11 is 5.59. The van der Waals surface area contributed by atoms with Crippen molar-refractivity contribution < 1.29 is 4.92 Å². The monoisotopic (exact) mass is 223 g/mol. The van der Waals surface area contributed by atoms with E-state index < -0.39 is 4.92 Å². The highest BCUT2D eigenvalue weighted by molar-refractivity contribution is 6.45. The normalized spacial score (nSPS) is 9.07. The van der Waals surface area contributed by atoms with E-state index in [-0.39, 0.29) is 23.0 Å². The summed E-state index contributed by atoms with van der Waals surface area (Å²) in [5.74, 6) is 1.80. The van der Waals surface area contributed by atoms with E-state index in [0.717, 1.165) is 6.20 Å². The molecule has 0 aliphatic heterocycles. The number of nitrogens with zero attached hydrogens (tertiary/aromatic N) is 3. The molecule has 0 aliphatic carbocycles. The van der Waals surface area contributed by atoms with Gasteiger partial charge in [0.1, 0.15) is 17.0 Å². The lowest BCUT2D eigenvalue weighted by atomic mass is 9.82. The molecule has 0 spiro atoms. The lowest BCUT2D eigenvalue weighted by Crippen LogP contribution is -2.09. The average molecular weight is 223 g/mol. The molecule has 0 atom stereocenters. The summed E-state index contributed by atoms with van der Waals surface area (Å²) in [6.45, 7) is 0. The van der Waals surface area contributed by atoms with Gasteiger partial charge in [-0.3, -0.25) is 10.1 Å². The predicted molar refractivity (Wildman–Crippen MR) is 55.8 cm³/mol. The van der Waals surface area contributed by atoms with Crippen molar-refractivity contribution >= 4 is 30.3 Å². The Morgan fingerprint density at radius 1 is 1.80 bits per heavy atom. The zero-order chi connectivity index (χ0) is 11.3. The molecule has 1 heterocycles. The van der Waals surface area contributed by atoms with Crippen molar-refractivity contribution in [3.63, 3.8) is 0 Å². The standard InChI is InChI=1S/C7H5BClN4O2/c9-7-1-5(12-4-8-3-10)6(2-11-7)13(14)15/h1-2H,4H2,(H,11,12). The van der Waals surface area contributed by atoms with Gasteiger partial charge in [0.15, 0.2) is 0 Å². The molecule has 0 amide bonds. The number of nitrogens with one attached hydrogen (secondary N) is 1. The lowest BCUT2D eigenvalue weighted by molar-refractivity contribution is -0.384. The van der Waals surface area contributed by atoms with Crippen LogP contribution in [0.4, 0.5) is 11.4 Å². The van der Waals surface area contributed by atoms with E-state index in [1.165, 1.54) is 13.3 Å². The van der Waals surface area contributed by atoms with Gasteiger partial charge in [0.25, 0.3) is 7.28 Å². The highest BCUT2D eigenvalue weighted by Crippen LogP contribution is 2.25. The molecule has 1 radical (unpaired) electrons. The van der Waals surface area contributed by atoms with Crippen LogP contribution in [0.1, 0.15) is 0 Å². The van der Waals surface area contributed by atoms with Crippen LogP contribution in [0.3, 0.4) is 0 Å². The Labute approximate surface area is 91.3 Å². The molecule has 8 heteroatoms. The van der Waals surface area contributed by atoms with Crippen molar-refractivity contribution in [3.05, 3.63) is 27.5 Å². The molecule has 0 saturated heterocycles. The minimum atomic E-state index is -0.571. The first-order valence-electron chi connectivity index (χ1n) is 3.90. The van der Waals surface area contributed by atoms with E-state index in [1.54, 1.807) is 5.97 Å². The smallest absolute Gasteiger partial charge is 0.310 e. The molecule has 15 heavy (non-hydrogen) atoms. The Morgan fingerprint density at radius 3 is 3.13 bits per heavy atom. The molecule has 1 aromatic heterocycles. The minimum Gasteiger partial charge on any atom is -0.386 e. The number of nitro groups is 1. The van der Waals surface area contributed by atoms with Crippen LogP contribution in [-0.4, -0.2) is 23.6 Å². The maximum absolute atomic E-state index is 10.6. The summed E-state index contributed by atoms with van der Waals surface area (Å²) in [6.07, 6.45) is 1.27. The third kappa shape index (κ3) is 3.11. The summed E-state index contributed by atoms with van der Waals surface area (Å²) in [5.41, 5.74) is 0.0669. The predicted octanol–water partition coefficient (Wildman–Crippen LogP) is 1.20. The largest absolute Gasteiger partial charge is 0.386 e. The Morgan fingerprint density at radius 2 is 2.53 bits per heavy atom. The number of anilines is 1. The van der Waals surface area contributed by atoms with E-state index in [9.17, 15) is 10.1 Å². The topological polar surface area (TPSA) is 91.8 Å². The molecule has 6 nitrogen and oxygen atoms in total. The fraction of sp³-hybridized carbons (Fsp3) is 0.143. The third-order valence-electron chi connectivity index (χ3n) is 1.53. The van der Waals surface area contributed by atoms with Crippen LogP contribution in [0.2, 0.25) is 5.15 Å². The SMILES string of the molecule is N#C[B]CNc1cc(Cl)ncc1[N+](=O)[O-]. The summed E-state index contributed by atoms with van der Waals surface area (Å²) in [7, 11) is 1.28. The summed E-state index contributed by atoms with van der Waals surface area (Å²) in [4.78, 5) is 13.6. The van der Waals surface area contributed by atoms with Gasteiger partial charge in [-0.05, 0) is 5.97 Å². The third-order valence-corrected chi connectivity index (χ3v) is 1.74. The number of pyridine rings is 1. The van der Waals surface area contributed by atoms with Crippen molar-refractivity contribution in [1.29, 1.82) is 5.26 Å². The Kier molecular flexibility index (Phi) is 3.88. The maximum atomic E-state index is 10.6. The molecule has 75 valence electrons.